The number of fused-ring (bicyclic) bond motifs is 1. The van der Waals surface area contributed by atoms with E-state index in [0.29, 0.717) is 22.4 Å². The second-order valence-electron chi connectivity index (χ2n) is 4.39. The van der Waals surface area contributed by atoms with E-state index in [2.05, 4.69) is 0 Å². The van der Waals surface area contributed by atoms with Crippen LogP contribution in [0.4, 0.5) is 0 Å². The van der Waals surface area contributed by atoms with Gasteiger partial charge in [0.1, 0.15) is 5.41 Å². The van der Waals surface area contributed by atoms with Gasteiger partial charge < -0.3 is 4.90 Å². The zero-order valence-corrected chi connectivity index (χ0v) is 9.71. The molecule has 0 aromatic heterocycles. The average molecular weight is 216 g/mol. The molecule has 0 bridgehead atoms. The number of hydrogen-bond donors (Lipinski definition) is 0. The minimum absolute atomic E-state index is 0.183. The van der Waals surface area contributed by atoms with Gasteiger partial charge in [0.25, 0.3) is 5.91 Å². The summed E-state index contributed by atoms with van der Waals surface area (Å²) in [5.74, 6) is -0.435. The lowest BCUT2D eigenvalue weighted by Crippen LogP contribution is -2.26. The average Bonchev–Trinajstić information content (AvgIpc) is 2.61. The molecule has 4 heteroatoms. The molecule has 16 heavy (non-hydrogen) atoms. The Bertz CT molecular complexity index is 534. The van der Waals surface area contributed by atoms with Gasteiger partial charge in [0.2, 0.25) is 0 Å². The van der Waals surface area contributed by atoms with Gasteiger partial charge in [-0.05, 0) is 26.3 Å². The Balaban J connectivity index is 2.77. The van der Waals surface area contributed by atoms with Gasteiger partial charge in [-0.1, -0.05) is 0 Å². The third-order valence-corrected chi connectivity index (χ3v) is 3.66. The number of Topliss-reactive ketones (excluding diaryl/α,β-unsaturated/α-hetero) is 1. The first-order valence-corrected chi connectivity index (χ1v) is 5.03. The third-order valence-electron chi connectivity index (χ3n) is 3.66. The number of amides is 1. The largest absolute Gasteiger partial charge is 0.315 e. The summed E-state index contributed by atoms with van der Waals surface area (Å²) in [4.78, 5) is 25.5. The van der Waals surface area contributed by atoms with Crippen LogP contribution < -0.4 is 0 Å². The van der Waals surface area contributed by atoms with E-state index in [-0.39, 0.29) is 11.7 Å². The maximum atomic E-state index is 12.2. The van der Waals surface area contributed by atoms with Crippen molar-refractivity contribution in [3.63, 3.8) is 0 Å². The first-order chi connectivity index (χ1) is 7.36. The van der Waals surface area contributed by atoms with E-state index in [1.54, 1.807) is 27.8 Å². The standard InChI is InChI=1S/C12H12N2O2/c1-6-8-9(7(2)14(4)11(8)16)10(15)12(6,3)5-13/h1-4H3. The molecule has 0 aromatic rings. The molecular weight excluding hydrogens is 204 g/mol. The number of likely N-dealkylation sites (N-methyl/N-ethyl adjacent to an activating group) is 1. The smallest absolute Gasteiger partial charge is 0.258 e. The lowest BCUT2D eigenvalue weighted by molar-refractivity contribution is -0.123. The highest BCUT2D eigenvalue weighted by Gasteiger charge is 2.52. The molecule has 1 aliphatic carbocycles. The summed E-state index contributed by atoms with van der Waals surface area (Å²) in [6.45, 7) is 4.99. The summed E-state index contributed by atoms with van der Waals surface area (Å²) < 4.78 is 0. The molecule has 1 unspecified atom stereocenters. The van der Waals surface area contributed by atoms with Crippen LogP contribution in [0.5, 0.6) is 0 Å². The fraction of sp³-hybridized carbons (Fsp3) is 0.417. The van der Waals surface area contributed by atoms with E-state index in [1.807, 2.05) is 6.07 Å². The van der Waals surface area contributed by atoms with Crippen molar-refractivity contribution in [1.82, 2.24) is 4.90 Å². The monoisotopic (exact) mass is 216 g/mol. The molecule has 82 valence electrons. The lowest BCUT2D eigenvalue weighted by atomic mass is 9.84. The highest BCUT2D eigenvalue weighted by molar-refractivity contribution is 6.23. The molecule has 2 rings (SSSR count). The Hall–Kier alpha value is -1.89. The quantitative estimate of drug-likeness (QED) is 0.610. The Morgan fingerprint density at radius 2 is 1.81 bits per heavy atom. The van der Waals surface area contributed by atoms with Crippen molar-refractivity contribution in [1.29, 1.82) is 5.26 Å². The zero-order valence-electron chi connectivity index (χ0n) is 9.71. The predicted molar refractivity (Wildman–Crippen MR) is 56.9 cm³/mol. The Morgan fingerprint density at radius 1 is 1.25 bits per heavy atom. The number of allylic oxidation sites excluding steroid dienone is 2. The van der Waals surface area contributed by atoms with Gasteiger partial charge in [-0.3, -0.25) is 9.59 Å². The fourth-order valence-corrected chi connectivity index (χ4v) is 2.21. The van der Waals surface area contributed by atoms with E-state index in [1.165, 1.54) is 4.90 Å². The van der Waals surface area contributed by atoms with Crippen LogP contribution in [0.15, 0.2) is 22.4 Å². The van der Waals surface area contributed by atoms with E-state index >= 15 is 0 Å². The molecule has 1 atom stereocenters. The second-order valence-corrected chi connectivity index (χ2v) is 4.39. The number of ketones is 1. The molecule has 0 fully saturated rings. The predicted octanol–water partition coefficient (Wildman–Crippen LogP) is 1.16. The van der Waals surface area contributed by atoms with Gasteiger partial charge in [0, 0.05) is 12.7 Å². The van der Waals surface area contributed by atoms with Crippen molar-refractivity contribution in [3.8, 4) is 6.07 Å². The van der Waals surface area contributed by atoms with Gasteiger partial charge in [-0.15, -0.1) is 0 Å². The highest BCUT2D eigenvalue weighted by atomic mass is 16.2. The zero-order chi connectivity index (χ0) is 12.2. The number of carbonyl (C=O) groups is 2. The number of hydrogen-bond acceptors (Lipinski definition) is 3. The molecule has 0 saturated carbocycles. The number of rotatable bonds is 0. The summed E-state index contributed by atoms with van der Waals surface area (Å²) in [5, 5.41) is 9.11. The van der Waals surface area contributed by atoms with Crippen molar-refractivity contribution in [2.24, 2.45) is 5.41 Å². The Morgan fingerprint density at radius 3 is 2.25 bits per heavy atom. The number of nitrogens with zero attached hydrogens (tertiary/aromatic N) is 2. The molecule has 0 spiro atoms. The number of carbonyl (C=O) groups excluding carboxylic acids is 2. The number of nitriles is 1. The molecule has 2 aliphatic rings. The minimum Gasteiger partial charge on any atom is -0.315 e. The van der Waals surface area contributed by atoms with Crippen molar-refractivity contribution in [2.75, 3.05) is 7.05 Å². The summed E-state index contributed by atoms with van der Waals surface area (Å²) in [5.41, 5.74) is 0.901. The van der Waals surface area contributed by atoms with Crippen LogP contribution in [0.2, 0.25) is 0 Å². The van der Waals surface area contributed by atoms with Crippen molar-refractivity contribution in [3.05, 3.63) is 22.4 Å². The normalized spacial score (nSPS) is 29.1. The van der Waals surface area contributed by atoms with Gasteiger partial charge in [0.15, 0.2) is 5.78 Å². The van der Waals surface area contributed by atoms with Crippen LogP contribution >= 0.6 is 0 Å². The van der Waals surface area contributed by atoms with E-state index < -0.39 is 5.41 Å². The lowest BCUT2D eigenvalue weighted by Gasteiger charge is -2.17. The maximum absolute atomic E-state index is 12.2. The highest BCUT2D eigenvalue weighted by Crippen LogP contribution is 2.47. The SMILES string of the molecule is CC1=C2C(=O)C(C)(C#N)C(C)=C2C(=O)N1C. The first-order valence-electron chi connectivity index (χ1n) is 5.03. The van der Waals surface area contributed by atoms with E-state index in [9.17, 15) is 9.59 Å². The summed E-state index contributed by atoms with van der Waals surface area (Å²) >= 11 is 0. The van der Waals surface area contributed by atoms with Gasteiger partial charge in [-0.25, -0.2) is 0 Å². The van der Waals surface area contributed by atoms with Crippen molar-refractivity contribution in [2.45, 2.75) is 20.8 Å². The topological polar surface area (TPSA) is 61.2 Å². The molecule has 0 N–H and O–H groups in total. The minimum atomic E-state index is -1.16. The molecule has 4 nitrogen and oxygen atoms in total. The maximum Gasteiger partial charge on any atom is 0.258 e. The van der Waals surface area contributed by atoms with Crippen LogP contribution in [0, 0.1) is 16.7 Å². The van der Waals surface area contributed by atoms with Crippen molar-refractivity contribution >= 4 is 11.7 Å². The van der Waals surface area contributed by atoms with Crippen LogP contribution in [0.3, 0.4) is 0 Å². The molecule has 1 aliphatic heterocycles. The Labute approximate surface area is 93.8 Å². The Kier molecular flexibility index (Phi) is 1.87. The van der Waals surface area contributed by atoms with Crippen LogP contribution in [-0.2, 0) is 9.59 Å². The molecule has 1 amide bonds. The summed E-state index contributed by atoms with van der Waals surface area (Å²) in [6, 6.07) is 2.01. The summed E-state index contributed by atoms with van der Waals surface area (Å²) in [7, 11) is 1.64. The van der Waals surface area contributed by atoms with Crippen molar-refractivity contribution < 1.29 is 9.59 Å². The van der Waals surface area contributed by atoms with Crippen LogP contribution in [0.1, 0.15) is 20.8 Å². The second kappa shape index (κ2) is 2.82. The molecule has 0 saturated heterocycles. The molecule has 0 aromatic carbocycles. The summed E-state index contributed by atoms with van der Waals surface area (Å²) in [6.07, 6.45) is 0. The van der Waals surface area contributed by atoms with Crippen LogP contribution in [-0.4, -0.2) is 23.6 Å². The molecule has 1 heterocycles. The van der Waals surface area contributed by atoms with Gasteiger partial charge in [0.05, 0.1) is 17.2 Å². The molecular formula is C12H12N2O2. The van der Waals surface area contributed by atoms with Crippen LogP contribution in [0.25, 0.3) is 0 Å². The van der Waals surface area contributed by atoms with Gasteiger partial charge in [-0.2, -0.15) is 5.26 Å². The van der Waals surface area contributed by atoms with E-state index in [4.69, 9.17) is 5.26 Å². The first kappa shape index (κ1) is 10.6. The third kappa shape index (κ3) is 0.884. The van der Waals surface area contributed by atoms with Gasteiger partial charge >= 0.3 is 0 Å². The molecule has 0 radical (unpaired) electrons. The fourth-order valence-electron chi connectivity index (χ4n) is 2.21. The van der Waals surface area contributed by atoms with E-state index in [0.717, 1.165) is 0 Å².